The fraction of sp³-hybridized carbons (Fsp3) is 0.600. The van der Waals surface area contributed by atoms with E-state index < -0.39 is 5.97 Å². The van der Waals surface area contributed by atoms with Crippen molar-refractivity contribution in [2.75, 3.05) is 19.7 Å². The zero-order chi connectivity index (χ0) is 17.8. The highest BCUT2D eigenvalue weighted by molar-refractivity contribution is 5.76. The van der Waals surface area contributed by atoms with Crippen LogP contribution in [0.5, 0.6) is 0 Å². The Labute approximate surface area is 149 Å². The Morgan fingerprint density at radius 2 is 1.84 bits per heavy atom. The van der Waals surface area contributed by atoms with Gasteiger partial charge in [0.05, 0.1) is 12.0 Å². The van der Waals surface area contributed by atoms with Gasteiger partial charge in [0.2, 0.25) is 5.91 Å². The number of piperidine rings is 1. The number of carbonyl (C=O) groups excluding carboxylic acids is 1. The van der Waals surface area contributed by atoms with Gasteiger partial charge in [-0.3, -0.25) is 9.59 Å². The minimum atomic E-state index is -0.751. The monoisotopic (exact) mass is 345 g/mol. The van der Waals surface area contributed by atoms with Crippen molar-refractivity contribution in [3.63, 3.8) is 0 Å². The Morgan fingerprint density at radius 3 is 2.48 bits per heavy atom. The van der Waals surface area contributed by atoms with E-state index in [4.69, 9.17) is 4.74 Å². The van der Waals surface area contributed by atoms with Gasteiger partial charge in [0.1, 0.15) is 0 Å². The highest BCUT2D eigenvalue weighted by atomic mass is 16.5. The molecule has 25 heavy (non-hydrogen) atoms. The van der Waals surface area contributed by atoms with Gasteiger partial charge in [-0.05, 0) is 44.1 Å². The topological polar surface area (TPSA) is 66.8 Å². The van der Waals surface area contributed by atoms with Crippen molar-refractivity contribution >= 4 is 11.9 Å². The van der Waals surface area contributed by atoms with Gasteiger partial charge in [-0.25, -0.2) is 0 Å². The lowest BCUT2D eigenvalue weighted by atomic mass is 9.84. The number of carbonyl (C=O) groups is 2. The standard InChI is InChI=1S/C20H27NO4/c1-14-2-4-15(5-3-14)6-7-18(22)21-11-8-16(9-12-21)19-17(20(23)24)10-13-25-19/h2-5,16-17,19H,6-13H2,1H3,(H,23,24)/t17?,19-/m0/s1. The number of likely N-dealkylation sites (tertiary alicyclic amines) is 1. The molecule has 0 spiro atoms. The van der Waals surface area contributed by atoms with Crippen LogP contribution in [-0.4, -0.2) is 47.7 Å². The molecule has 2 aliphatic rings. The fourth-order valence-electron chi connectivity index (χ4n) is 3.98. The minimum Gasteiger partial charge on any atom is -0.481 e. The van der Waals surface area contributed by atoms with Crippen LogP contribution in [0.25, 0.3) is 0 Å². The quantitative estimate of drug-likeness (QED) is 0.891. The summed E-state index contributed by atoms with van der Waals surface area (Å²) in [5, 5.41) is 9.31. The Hall–Kier alpha value is -1.88. The summed E-state index contributed by atoms with van der Waals surface area (Å²) in [4.78, 5) is 25.7. The Bertz CT molecular complexity index is 605. The first-order valence-electron chi connectivity index (χ1n) is 9.22. The van der Waals surface area contributed by atoms with E-state index in [1.807, 2.05) is 4.90 Å². The van der Waals surface area contributed by atoms with Crippen LogP contribution < -0.4 is 0 Å². The van der Waals surface area contributed by atoms with Gasteiger partial charge < -0.3 is 14.7 Å². The lowest BCUT2D eigenvalue weighted by Crippen LogP contribution is -2.43. The molecule has 0 aromatic heterocycles. The molecule has 2 atom stereocenters. The van der Waals surface area contributed by atoms with Crippen molar-refractivity contribution in [1.82, 2.24) is 4.90 Å². The molecule has 1 unspecified atom stereocenters. The largest absolute Gasteiger partial charge is 0.481 e. The third-order valence-corrected chi connectivity index (χ3v) is 5.56. The lowest BCUT2D eigenvalue weighted by molar-refractivity contribution is -0.146. The summed E-state index contributed by atoms with van der Waals surface area (Å²) in [5.74, 6) is -0.682. The van der Waals surface area contributed by atoms with E-state index in [-0.39, 0.29) is 23.8 Å². The second-order valence-electron chi connectivity index (χ2n) is 7.27. The maximum Gasteiger partial charge on any atom is 0.309 e. The van der Waals surface area contributed by atoms with E-state index in [1.165, 1.54) is 11.1 Å². The summed E-state index contributed by atoms with van der Waals surface area (Å²) in [6.45, 7) is 4.02. The van der Waals surface area contributed by atoms with E-state index in [9.17, 15) is 14.7 Å². The second-order valence-corrected chi connectivity index (χ2v) is 7.27. The number of hydrogen-bond acceptors (Lipinski definition) is 3. The lowest BCUT2D eigenvalue weighted by Gasteiger charge is -2.35. The Kier molecular flexibility index (Phi) is 5.74. The molecule has 1 aromatic rings. The van der Waals surface area contributed by atoms with Crippen molar-refractivity contribution in [3.8, 4) is 0 Å². The van der Waals surface area contributed by atoms with Gasteiger partial charge in [0, 0.05) is 26.1 Å². The molecule has 2 saturated heterocycles. The van der Waals surface area contributed by atoms with Crippen LogP contribution in [0.1, 0.15) is 36.8 Å². The number of rotatable bonds is 5. The number of benzene rings is 1. The number of hydrogen-bond donors (Lipinski definition) is 1. The number of nitrogens with zero attached hydrogens (tertiary/aromatic N) is 1. The zero-order valence-electron chi connectivity index (χ0n) is 14.8. The van der Waals surface area contributed by atoms with Crippen molar-refractivity contribution in [3.05, 3.63) is 35.4 Å². The molecule has 2 aliphatic heterocycles. The van der Waals surface area contributed by atoms with Crippen LogP contribution in [0.4, 0.5) is 0 Å². The molecule has 2 heterocycles. The zero-order valence-corrected chi connectivity index (χ0v) is 14.8. The molecular formula is C20H27NO4. The minimum absolute atomic E-state index is 0.178. The van der Waals surface area contributed by atoms with Crippen LogP contribution in [-0.2, 0) is 20.7 Å². The molecule has 2 fully saturated rings. The van der Waals surface area contributed by atoms with Crippen LogP contribution >= 0.6 is 0 Å². The first-order chi connectivity index (χ1) is 12.0. The number of aliphatic carboxylic acids is 1. The molecule has 1 aromatic carbocycles. The van der Waals surface area contributed by atoms with Crippen LogP contribution in [0.3, 0.4) is 0 Å². The summed E-state index contributed by atoms with van der Waals surface area (Å²) >= 11 is 0. The van der Waals surface area contributed by atoms with Crippen LogP contribution in [0, 0.1) is 18.8 Å². The van der Waals surface area contributed by atoms with Gasteiger partial charge >= 0.3 is 5.97 Å². The van der Waals surface area contributed by atoms with Crippen LogP contribution in [0.2, 0.25) is 0 Å². The predicted molar refractivity (Wildman–Crippen MR) is 94.3 cm³/mol. The molecule has 0 bridgehead atoms. The highest BCUT2D eigenvalue weighted by Gasteiger charge is 2.40. The van der Waals surface area contributed by atoms with Gasteiger partial charge in [0.25, 0.3) is 0 Å². The molecule has 1 amide bonds. The van der Waals surface area contributed by atoms with Gasteiger partial charge in [-0.15, -0.1) is 0 Å². The Balaban J connectivity index is 1.46. The van der Waals surface area contributed by atoms with Crippen molar-refractivity contribution in [2.45, 2.75) is 45.1 Å². The third-order valence-electron chi connectivity index (χ3n) is 5.56. The smallest absolute Gasteiger partial charge is 0.309 e. The average Bonchev–Trinajstić information content (AvgIpc) is 3.11. The summed E-state index contributed by atoms with van der Waals surface area (Å²) in [5.41, 5.74) is 2.42. The van der Waals surface area contributed by atoms with E-state index in [1.54, 1.807) is 0 Å². The van der Waals surface area contributed by atoms with Gasteiger partial charge in [0.15, 0.2) is 0 Å². The van der Waals surface area contributed by atoms with E-state index in [0.29, 0.717) is 32.5 Å². The first-order valence-corrected chi connectivity index (χ1v) is 9.22. The van der Waals surface area contributed by atoms with Crippen molar-refractivity contribution < 1.29 is 19.4 Å². The van der Waals surface area contributed by atoms with Gasteiger partial charge in [-0.1, -0.05) is 29.8 Å². The molecule has 0 saturated carbocycles. The first kappa shape index (κ1) is 17.9. The van der Waals surface area contributed by atoms with E-state index >= 15 is 0 Å². The van der Waals surface area contributed by atoms with E-state index in [2.05, 4.69) is 31.2 Å². The number of aryl methyl sites for hydroxylation is 2. The molecule has 136 valence electrons. The molecule has 1 N–H and O–H groups in total. The number of carboxylic acids is 1. The number of carboxylic acid groups (broad SMARTS) is 1. The fourth-order valence-corrected chi connectivity index (χ4v) is 3.98. The van der Waals surface area contributed by atoms with Crippen molar-refractivity contribution in [1.29, 1.82) is 0 Å². The predicted octanol–water partition coefficient (Wildman–Crippen LogP) is 2.66. The maximum atomic E-state index is 12.4. The highest BCUT2D eigenvalue weighted by Crippen LogP contribution is 2.33. The molecule has 0 aliphatic carbocycles. The number of amides is 1. The summed E-state index contributed by atoms with van der Waals surface area (Å²) in [6, 6.07) is 8.31. The summed E-state index contributed by atoms with van der Waals surface area (Å²) in [6.07, 6.45) is 3.41. The molecule has 0 radical (unpaired) electrons. The second kappa shape index (κ2) is 8.00. The maximum absolute atomic E-state index is 12.4. The molecule has 5 heteroatoms. The van der Waals surface area contributed by atoms with E-state index in [0.717, 1.165) is 19.3 Å². The van der Waals surface area contributed by atoms with Crippen LogP contribution in [0.15, 0.2) is 24.3 Å². The summed E-state index contributed by atoms with van der Waals surface area (Å²) < 4.78 is 5.69. The summed E-state index contributed by atoms with van der Waals surface area (Å²) in [7, 11) is 0. The number of ether oxygens (including phenoxy) is 1. The Morgan fingerprint density at radius 1 is 1.16 bits per heavy atom. The van der Waals surface area contributed by atoms with Crippen molar-refractivity contribution in [2.24, 2.45) is 11.8 Å². The SMILES string of the molecule is Cc1ccc(CCC(=O)N2CCC([C@@H]3OCCC3C(=O)O)CC2)cc1. The normalized spacial score (nSPS) is 24.4. The molecular weight excluding hydrogens is 318 g/mol. The molecule has 3 rings (SSSR count). The van der Waals surface area contributed by atoms with Gasteiger partial charge in [-0.2, -0.15) is 0 Å². The average molecular weight is 345 g/mol. The molecule has 5 nitrogen and oxygen atoms in total. The third kappa shape index (κ3) is 4.40.